The second-order valence-electron chi connectivity index (χ2n) is 5.96. The molecular weight excluding hydrogens is 447 g/mol. The molecule has 0 N–H and O–H groups in total. The summed E-state index contributed by atoms with van der Waals surface area (Å²) in [6, 6.07) is 8.34. The average molecular weight is 467 g/mol. The smallest absolute Gasteiger partial charge is 0.233 e. The lowest BCUT2D eigenvalue weighted by atomic mass is 10.2. The number of rotatable bonds is 8. The molecule has 6 nitrogen and oxygen atoms in total. The second kappa shape index (κ2) is 9.38. The molecule has 0 spiro atoms. The molecule has 0 aliphatic heterocycles. The van der Waals surface area contributed by atoms with Crippen LogP contribution in [0.5, 0.6) is 0 Å². The predicted octanol–water partition coefficient (Wildman–Crippen LogP) is 4.60. The summed E-state index contributed by atoms with van der Waals surface area (Å²) >= 11 is 4.65. The van der Waals surface area contributed by atoms with Gasteiger partial charge in [-0.15, -0.1) is 10.2 Å². The summed E-state index contributed by atoms with van der Waals surface area (Å²) in [5, 5.41) is 9.01. The number of carbonyl (C=O) groups excluding carboxylic acids is 1. The Bertz CT molecular complexity index is 946. The Hall–Kier alpha value is -2.13. The van der Waals surface area contributed by atoms with Crippen LogP contribution in [0.2, 0.25) is 0 Å². The van der Waals surface area contributed by atoms with Crippen LogP contribution in [0.15, 0.2) is 50.6 Å². The van der Waals surface area contributed by atoms with E-state index < -0.39 is 0 Å². The molecule has 9 heteroatoms. The van der Waals surface area contributed by atoms with Crippen LogP contribution in [0.3, 0.4) is 0 Å². The number of nitrogens with zero attached hydrogens (tertiary/aromatic N) is 4. The molecule has 0 fully saturated rings. The van der Waals surface area contributed by atoms with E-state index in [2.05, 4.69) is 26.1 Å². The van der Waals surface area contributed by atoms with Gasteiger partial charge in [0.1, 0.15) is 5.82 Å². The molecule has 1 amide bonds. The van der Waals surface area contributed by atoms with Crippen LogP contribution in [0.25, 0.3) is 11.6 Å². The van der Waals surface area contributed by atoms with Crippen molar-refractivity contribution in [1.82, 2.24) is 19.7 Å². The van der Waals surface area contributed by atoms with Gasteiger partial charge >= 0.3 is 0 Å². The molecule has 0 radical (unpaired) electrons. The van der Waals surface area contributed by atoms with E-state index in [4.69, 9.17) is 4.42 Å². The average Bonchev–Trinajstić information content (AvgIpc) is 3.35. The zero-order valence-corrected chi connectivity index (χ0v) is 18.0. The zero-order valence-electron chi connectivity index (χ0n) is 15.6. The number of halogens is 2. The monoisotopic (exact) mass is 466 g/mol. The van der Waals surface area contributed by atoms with E-state index >= 15 is 0 Å². The molecule has 0 saturated carbocycles. The van der Waals surface area contributed by atoms with Gasteiger partial charge in [-0.1, -0.05) is 27.7 Å². The maximum atomic E-state index is 14.0. The fourth-order valence-corrected chi connectivity index (χ4v) is 4.05. The Morgan fingerprint density at radius 1 is 1.32 bits per heavy atom. The predicted molar refractivity (Wildman–Crippen MR) is 109 cm³/mol. The molecule has 0 bridgehead atoms. The van der Waals surface area contributed by atoms with E-state index in [1.54, 1.807) is 29.4 Å². The van der Waals surface area contributed by atoms with Crippen LogP contribution in [0.4, 0.5) is 4.39 Å². The van der Waals surface area contributed by atoms with Crippen LogP contribution in [0, 0.1) is 5.82 Å². The number of hydrogen-bond acceptors (Lipinski definition) is 5. The van der Waals surface area contributed by atoms with E-state index in [-0.39, 0.29) is 24.0 Å². The summed E-state index contributed by atoms with van der Waals surface area (Å²) in [5.41, 5.74) is 0.478. The number of thioether (sulfide) groups is 1. The third-order valence-electron chi connectivity index (χ3n) is 4.20. The molecule has 28 heavy (non-hydrogen) atoms. The van der Waals surface area contributed by atoms with Crippen molar-refractivity contribution in [3.05, 3.63) is 52.4 Å². The second-order valence-corrected chi connectivity index (χ2v) is 7.82. The zero-order chi connectivity index (χ0) is 20.1. The molecule has 2 heterocycles. The van der Waals surface area contributed by atoms with Gasteiger partial charge in [-0.25, -0.2) is 4.39 Å². The van der Waals surface area contributed by atoms with Gasteiger partial charge in [0, 0.05) is 29.7 Å². The molecule has 0 unspecified atom stereocenters. The van der Waals surface area contributed by atoms with Gasteiger partial charge in [-0.05, 0) is 44.2 Å². The van der Waals surface area contributed by atoms with E-state index in [0.29, 0.717) is 35.4 Å². The summed E-state index contributed by atoms with van der Waals surface area (Å²) in [5.74, 6) is 1.05. The number of hydrogen-bond donors (Lipinski definition) is 0. The Morgan fingerprint density at radius 2 is 2.14 bits per heavy atom. The van der Waals surface area contributed by atoms with Gasteiger partial charge in [0.25, 0.3) is 0 Å². The molecule has 2 aromatic heterocycles. The van der Waals surface area contributed by atoms with Crippen molar-refractivity contribution < 1.29 is 13.6 Å². The fraction of sp³-hybridized carbons (Fsp3) is 0.316. The Morgan fingerprint density at radius 3 is 2.82 bits per heavy atom. The highest BCUT2D eigenvalue weighted by Crippen LogP contribution is 2.25. The van der Waals surface area contributed by atoms with Gasteiger partial charge in [0.15, 0.2) is 16.7 Å². The first-order chi connectivity index (χ1) is 13.5. The summed E-state index contributed by atoms with van der Waals surface area (Å²) in [4.78, 5) is 14.3. The van der Waals surface area contributed by atoms with Crippen molar-refractivity contribution in [3.8, 4) is 11.6 Å². The highest BCUT2D eigenvalue weighted by molar-refractivity contribution is 9.10. The molecule has 148 valence electrons. The maximum absolute atomic E-state index is 14.0. The lowest BCUT2D eigenvalue weighted by Crippen LogP contribution is -2.32. The summed E-state index contributed by atoms with van der Waals surface area (Å²) in [6.45, 7) is 5.22. The minimum absolute atomic E-state index is 0.0860. The van der Waals surface area contributed by atoms with Crippen LogP contribution in [-0.2, 0) is 17.9 Å². The molecular formula is C19H20BrFN4O2S. The highest BCUT2D eigenvalue weighted by Gasteiger charge is 2.19. The van der Waals surface area contributed by atoms with Gasteiger partial charge in [-0.3, -0.25) is 9.36 Å². The van der Waals surface area contributed by atoms with Crippen molar-refractivity contribution in [2.24, 2.45) is 0 Å². The van der Waals surface area contributed by atoms with Crippen molar-refractivity contribution in [2.45, 2.75) is 32.1 Å². The largest absolute Gasteiger partial charge is 0.461 e. The Kier molecular flexibility index (Phi) is 6.90. The molecule has 0 aliphatic carbocycles. The standard InChI is InChI=1S/C19H20BrFN4O2S/c1-3-24(11-13-10-14(20)7-8-15(13)21)17(26)12-28-19-23-22-18(25(19)4-2)16-6-5-9-27-16/h5-10H,3-4,11-12H2,1-2H3. The van der Waals surface area contributed by atoms with Crippen LogP contribution in [0.1, 0.15) is 19.4 Å². The topological polar surface area (TPSA) is 64.2 Å². The fourth-order valence-electron chi connectivity index (χ4n) is 2.73. The molecule has 0 saturated heterocycles. The van der Waals surface area contributed by atoms with E-state index in [1.807, 2.05) is 24.5 Å². The summed E-state index contributed by atoms with van der Waals surface area (Å²) < 4.78 is 22.1. The number of furan rings is 1. The van der Waals surface area contributed by atoms with Gasteiger partial charge in [0.05, 0.1) is 12.0 Å². The minimum Gasteiger partial charge on any atom is -0.461 e. The maximum Gasteiger partial charge on any atom is 0.233 e. The third-order valence-corrected chi connectivity index (χ3v) is 5.65. The lowest BCUT2D eigenvalue weighted by molar-refractivity contribution is -0.128. The van der Waals surface area contributed by atoms with Crippen LogP contribution >= 0.6 is 27.7 Å². The van der Waals surface area contributed by atoms with Gasteiger partial charge in [0.2, 0.25) is 5.91 Å². The number of benzene rings is 1. The van der Waals surface area contributed by atoms with Crippen LogP contribution in [-0.4, -0.2) is 37.9 Å². The summed E-state index contributed by atoms with van der Waals surface area (Å²) in [7, 11) is 0. The van der Waals surface area contributed by atoms with Crippen molar-refractivity contribution in [2.75, 3.05) is 12.3 Å². The molecule has 1 aromatic carbocycles. The minimum atomic E-state index is -0.323. The first-order valence-electron chi connectivity index (χ1n) is 8.85. The Labute approximate surface area is 175 Å². The molecule has 0 aliphatic rings. The van der Waals surface area contributed by atoms with Crippen molar-refractivity contribution in [1.29, 1.82) is 0 Å². The molecule has 3 aromatic rings. The molecule has 0 atom stereocenters. The van der Waals surface area contributed by atoms with Crippen LogP contribution < -0.4 is 0 Å². The molecule has 3 rings (SSSR count). The first kappa shape index (κ1) is 20.6. The normalized spacial score (nSPS) is 11.0. The summed E-state index contributed by atoms with van der Waals surface area (Å²) in [6.07, 6.45) is 1.58. The van der Waals surface area contributed by atoms with Crippen molar-refractivity contribution in [3.63, 3.8) is 0 Å². The quantitative estimate of drug-likeness (QED) is 0.453. The van der Waals surface area contributed by atoms with Crippen molar-refractivity contribution >= 4 is 33.6 Å². The number of aromatic nitrogens is 3. The van der Waals surface area contributed by atoms with E-state index in [0.717, 1.165) is 4.47 Å². The van der Waals surface area contributed by atoms with E-state index in [1.165, 1.54) is 17.8 Å². The number of carbonyl (C=O) groups is 1. The number of amides is 1. The van der Waals surface area contributed by atoms with Gasteiger partial charge in [-0.2, -0.15) is 0 Å². The third kappa shape index (κ3) is 4.64. The van der Waals surface area contributed by atoms with Gasteiger partial charge < -0.3 is 9.32 Å². The first-order valence-corrected chi connectivity index (χ1v) is 10.6. The van der Waals surface area contributed by atoms with E-state index in [9.17, 15) is 9.18 Å². The lowest BCUT2D eigenvalue weighted by Gasteiger charge is -2.21. The highest BCUT2D eigenvalue weighted by atomic mass is 79.9. The SMILES string of the molecule is CCN(Cc1cc(Br)ccc1F)C(=O)CSc1nnc(-c2ccco2)n1CC. The Balaban J connectivity index is 1.68.